The Labute approximate surface area is 122 Å². The van der Waals surface area contributed by atoms with Crippen LogP contribution >= 0.6 is 11.8 Å². The summed E-state index contributed by atoms with van der Waals surface area (Å²) < 4.78 is 5.28. The monoisotopic (exact) mass is 297 g/mol. The van der Waals surface area contributed by atoms with E-state index in [1.807, 2.05) is 13.2 Å². The van der Waals surface area contributed by atoms with Gasteiger partial charge in [0, 0.05) is 5.56 Å². The van der Waals surface area contributed by atoms with Gasteiger partial charge in [0.05, 0.1) is 6.61 Å². The maximum Gasteiger partial charge on any atom is 0.326 e. The number of carbonyl (C=O) groups is 2. The first-order chi connectivity index (χ1) is 9.58. The third kappa shape index (κ3) is 5.13. The molecule has 1 aromatic carbocycles. The number of rotatable bonds is 8. The highest BCUT2D eigenvalue weighted by molar-refractivity contribution is 7.98. The molecule has 1 atom stereocenters. The highest BCUT2D eigenvalue weighted by Crippen LogP contribution is 2.12. The number of carboxylic acid groups (broad SMARTS) is 1. The number of hydrogen-bond donors (Lipinski definition) is 2. The molecule has 0 bridgehead atoms. The van der Waals surface area contributed by atoms with E-state index in [-0.39, 0.29) is 5.91 Å². The first-order valence-corrected chi connectivity index (χ1v) is 7.73. The first-order valence-electron chi connectivity index (χ1n) is 6.34. The van der Waals surface area contributed by atoms with Gasteiger partial charge in [-0.15, -0.1) is 0 Å². The van der Waals surface area contributed by atoms with Crippen LogP contribution in [0.25, 0.3) is 0 Å². The molecule has 1 amide bonds. The van der Waals surface area contributed by atoms with Crippen LogP contribution in [0.5, 0.6) is 5.75 Å². The lowest BCUT2D eigenvalue weighted by Gasteiger charge is -2.14. The molecule has 1 rings (SSSR count). The molecule has 0 unspecified atom stereocenters. The smallest absolute Gasteiger partial charge is 0.326 e. The SMILES string of the molecule is CCOc1ccc(C(=O)N[C@@H](CCSC)C(=O)O)cc1. The standard InChI is InChI=1S/C14H19NO4S/c1-3-19-11-6-4-10(5-7-11)13(16)15-12(14(17)18)8-9-20-2/h4-7,12H,3,8-9H2,1-2H3,(H,15,16)(H,17,18)/t12-/m0/s1. The number of ether oxygens (including phenoxy) is 1. The largest absolute Gasteiger partial charge is 0.494 e. The van der Waals surface area contributed by atoms with Gasteiger partial charge in [-0.1, -0.05) is 0 Å². The van der Waals surface area contributed by atoms with E-state index in [9.17, 15) is 9.59 Å². The van der Waals surface area contributed by atoms with Gasteiger partial charge in [0.15, 0.2) is 0 Å². The van der Waals surface area contributed by atoms with Gasteiger partial charge in [0.1, 0.15) is 11.8 Å². The van der Waals surface area contributed by atoms with Crippen molar-refractivity contribution in [3.8, 4) is 5.75 Å². The molecule has 0 aliphatic rings. The summed E-state index contributed by atoms with van der Waals surface area (Å²) >= 11 is 1.55. The number of carboxylic acids is 1. The number of carbonyl (C=O) groups excluding carboxylic acids is 1. The first kappa shape index (κ1) is 16.4. The summed E-state index contributed by atoms with van der Waals surface area (Å²) in [6.45, 7) is 2.44. The zero-order valence-electron chi connectivity index (χ0n) is 11.6. The summed E-state index contributed by atoms with van der Waals surface area (Å²) in [6.07, 6.45) is 2.30. The van der Waals surface area contributed by atoms with Crippen molar-refractivity contribution in [3.05, 3.63) is 29.8 Å². The van der Waals surface area contributed by atoms with Crippen molar-refractivity contribution in [2.45, 2.75) is 19.4 Å². The average Bonchev–Trinajstić information content (AvgIpc) is 2.44. The minimum Gasteiger partial charge on any atom is -0.494 e. The second-order valence-electron chi connectivity index (χ2n) is 4.10. The number of thioether (sulfide) groups is 1. The summed E-state index contributed by atoms with van der Waals surface area (Å²) in [5, 5.41) is 11.6. The Morgan fingerprint density at radius 2 is 2.00 bits per heavy atom. The van der Waals surface area contributed by atoms with Crippen molar-refractivity contribution in [1.29, 1.82) is 0 Å². The van der Waals surface area contributed by atoms with Crippen LogP contribution in [-0.2, 0) is 4.79 Å². The molecule has 1 aromatic rings. The second-order valence-corrected chi connectivity index (χ2v) is 5.09. The molecule has 0 aromatic heterocycles. The van der Waals surface area contributed by atoms with Crippen molar-refractivity contribution < 1.29 is 19.4 Å². The Morgan fingerprint density at radius 1 is 1.35 bits per heavy atom. The van der Waals surface area contributed by atoms with Gasteiger partial charge >= 0.3 is 5.97 Å². The molecule has 5 nitrogen and oxygen atoms in total. The third-order valence-corrected chi connectivity index (χ3v) is 3.29. The molecule has 6 heteroatoms. The Morgan fingerprint density at radius 3 is 2.50 bits per heavy atom. The molecule has 0 saturated carbocycles. The van der Waals surface area contributed by atoms with E-state index in [4.69, 9.17) is 9.84 Å². The Balaban J connectivity index is 2.65. The maximum absolute atomic E-state index is 12.0. The van der Waals surface area contributed by atoms with Crippen LogP contribution in [-0.4, -0.2) is 41.6 Å². The zero-order chi connectivity index (χ0) is 15.0. The molecule has 20 heavy (non-hydrogen) atoms. The van der Waals surface area contributed by atoms with Gasteiger partial charge in [-0.2, -0.15) is 11.8 Å². The van der Waals surface area contributed by atoms with Crippen LogP contribution in [0.2, 0.25) is 0 Å². The summed E-state index contributed by atoms with van der Waals surface area (Å²) in [5.74, 6) is -0.0401. The second kappa shape index (κ2) is 8.47. The molecule has 110 valence electrons. The summed E-state index contributed by atoms with van der Waals surface area (Å²) in [5.41, 5.74) is 0.420. The number of benzene rings is 1. The molecular weight excluding hydrogens is 278 g/mol. The third-order valence-electron chi connectivity index (χ3n) is 2.64. The lowest BCUT2D eigenvalue weighted by molar-refractivity contribution is -0.139. The predicted octanol–water partition coefficient (Wildman–Crippen LogP) is 2.02. The number of hydrogen-bond acceptors (Lipinski definition) is 4. The van der Waals surface area contributed by atoms with Gasteiger partial charge in [0.2, 0.25) is 0 Å². The number of nitrogens with one attached hydrogen (secondary N) is 1. The lowest BCUT2D eigenvalue weighted by Crippen LogP contribution is -2.41. The van der Waals surface area contributed by atoms with Crippen molar-refractivity contribution in [1.82, 2.24) is 5.32 Å². The van der Waals surface area contributed by atoms with Crippen molar-refractivity contribution in [3.63, 3.8) is 0 Å². The minimum atomic E-state index is -1.02. The maximum atomic E-state index is 12.0. The average molecular weight is 297 g/mol. The van der Waals surface area contributed by atoms with Crippen molar-refractivity contribution in [2.24, 2.45) is 0 Å². The number of amides is 1. The quantitative estimate of drug-likeness (QED) is 0.768. The van der Waals surface area contributed by atoms with E-state index < -0.39 is 12.0 Å². The van der Waals surface area contributed by atoms with Gasteiger partial charge in [-0.25, -0.2) is 4.79 Å². The highest BCUT2D eigenvalue weighted by atomic mass is 32.2. The molecule has 0 fully saturated rings. The molecule has 0 aliphatic heterocycles. The Hall–Kier alpha value is -1.69. The normalized spacial score (nSPS) is 11.7. The number of aliphatic carboxylic acids is 1. The predicted molar refractivity (Wildman–Crippen MR) is 79.5 cm³/mol. The Bertz CT molecular complexity index is 447. The summed E-state index contributed by atoms with van der Waals surface area (Å²) in [7, 11) is 0. The van der Waals surface area contributed by atoms with Gasteiger partial charge in [-0.3, -0.25) is 4.79 Å². The summed E-state index contributed by atoms with van der Waals surface area (Å²) in [6, 6.07) is 5.76. The van der Waals surface area contributed by atoms with E-state index in [0.717, 1.165) is 0 Å². The fourth-order valence-electron chi connectivity index (χ4n) is 1.60. The van der Waals surface area contributed by atoms with Crippen molar-refractivity contribution in [2.75, 3.05) is 18.6 Å². The molecule has 0 aliphatic carbocycles. The molecular formula is C14H19NO4S. The van der Waals surface area contributed by atoms with Crippen LogP contribution in [0.1, 0.15) is 23.7 Å². The van der Waals surface area contributed by atoms with E-state index in [0.29, 0.717) is 30.1 Å². The summed E-state index contributed by atoms with van der Waals surface area (Å²) in [4.78, 5) is 23.0. The van der Waals surface area contributed by atoms with Crippen LogP contribution in [0, 0.1) is 0 Å². The van der Waals surface area contributed by atoms with Crippen molar-refractivity contribution >= 4 is 23.6 Å². The minimum absolute atomic E-state index is 0.387. The van der Waals surface area contributed by atoms with E-state index in [1.54, 1.807) is 36.0 Å². The zero-order valence-corrected chi connectivity index (χ0v) is 12.4. The Kier molecular flexibility index (Phi) is 6.93. The lowest BCUT2D eigenvalue weighted by atomic mass is 10.1. The van der Waals surface area contributed by atoms with Crippen LogP contribution in [0.15, 0.2) is 24.3 Å². The highest BCUT2D eigenvalue weighted by Gasteiger charge is 2.20. The van der Waals surface area contributed by atoms with E-state index in [1.165, 1.54) is 0 Å². The van der Waals surface area contributed by atoms with Gasteiger partial charge < -0.3 is 15.2 Å². The van der Waals surface area contributed by atoms with Crippen LogP contribution in [0.4, 0.5) is 0 Å². The fourth-order valence-corrected chi connectivity index (χ4v) is 2.08. The molecule has 2 N–H and O–H groups in total. The van der Waals surface area contributed by atoms with Gasteiger partial charge in [-0.05, 0) is 49.6 Å². The topological polar surface area (TPSA) is 75.6 Å². The van der Waals surface area contributed by atoms with Gasteiger partial charge in [0.25, 0.3) is 5.91 Å². The molecule has 0 heterocycles. The molecule has 0 saturated heterocycles. The van der Waals surface area contributed by atoms with Crippen LogP contribution in [0.3, 0.4) is 0 Å². The fraction of sp³-hybridized carbons (Fsp3) is 0.429. The van der Waals surface area contributed by atoms with E-state index in [2.05, 4.69) is 5.32 Å². The van der Waals surface area contributed by atoms with E-state index >= 15 is 0 Å². The van der Waals surface area contributed by atoms with Crippen LogP contribution < -0.4 is 10.1 Å². The molecule has 0 radical (unpaired) electrons. The molecule has 0 spiro atoms.